The highest BCUT2D eigenvalue weighted by molar-refractivity contribution is 5.85. The van der Waals surface area contributed by atoms with E-state index in [4.69, 9.17) is 0 Å². The number of Topliss-reactive ketones (excluding diaryl/α,β-unsaturated/α-hetero) is 1. The lowest BCUT2D eigenvalue weighted by Crippen LogP contribution is -2.19. The molecule has 2 aromatic rings. The average molecular weight is 236 g/mol. The molecule has 0 bridgehead atoms. The number of aryl methyl sites for hydroxylation is 1. The molecule has 0 fully saturated rings. The molecule has 0 heterocycles. The summed E-state index contributed by atoms with van der Waals surface area (Å²) < 4.78 is 0. The second-order valence-electron chi connectivity index (χ2n) is 5.03. The first-order valence-electron chi connectivity index (χ1n) is 6.41. The molecule has 90 valence electrons. The van der Waals surface area contributed by atoms with Crippen molar-refractivity contribution < 1.29 is 4.79 Å². The van der Waals surface area contributed by atoms with E-state index in [-0.39, 0.29) is 5.92 Å². The van der Waals surface area contributed by atoms with Gasteiger partial charge < -0.3 is 0 Å². The zero-order chi connectivity index (χ0) is 12.5. The van der Waals surface area contributed by atoms with Crippen molar-refractivity contribution in [1.29, 1.82) is 0 Å². The van der Waals surface area contributed by atoms with E-state index in [1.165, 1.54) is 22.3 Å². The Bertz CT molecular complexity index is 598. The van der Waals surface area contributed by atoms with E-state index in [1.54, 1.807) is 0 Å². The van der Waals surface area contributed by atoms with Gasteiger partial charge in [-0.3, -0.25) is 4.79 Å². The number of fused-ring (bicyclic) bond motifs is 1. The Hall–Kier alpha value is -1.89. The van der Waals surface area contributed by atoms with Crippen LogP contribution in [0.25, 0.3) is 0 Å². The Morgan fingerprint density at radius 3 is 2.39 bits per heavy atom. The van der Waals surface area contributed by atoms with Gasteiger partial charge in [0, 0.05) is 18.8 Å². The minimum absolute atomic E-state index is 0.239. The zero-order valence-electron chi connectivity index (χ0n) is 10.5. The molecule has 0 aliphatic heterocycles. The first-order valence-corrected chi connectivity index (χ1v) is 6.41. The molecule has 0 amide bonds. The first kappa shape index (κ1) is 11.2. The van der Waals surface area contributed by atoms with Gasteiger partial charge in [0.2, 0.25) is 0 Å². The van der Waals surface area contributed by atoms with Crippen LogP contribution in [0.15, 0.2) is 48.5 Å². The lowest BCUT2D eigenvalue weighted by atomic mass is 9.77. The molecular formula is C17H16O. The van der Waals surface area contributed by atoms with Gasteiger partial charge in [0.15, 0.2) is 0 Å². The Morgan fingerprint density at radius 1 is 0.944 bits per heavy atom. The van der Waals surface area contributed by atoms with Gasteiger partial charge in [0.05, 0.1) is 0 Å². The number of rotatable bonds is 1. The van der Waals surface area contributed by atoms with Crippen molar-refractivity contribution in [3.8, 4) is 0 Å². The Labute approximate surface area is 107 Å². The van der Waals surface area contributed by atoms with Crippen LogP contribution in [0.2, 0.25) is 0 Å². The SMILES string of the molecule is Cc1ccccc1C1CC(=O)Cc2ccccc21. The van der Waals surface area contributed by atoms with Gasteiger partial charge in [0.25, 0.3) is 0 Å². The topological polar surface area (TPSA) is 17.1 Å². The number of hydrogen-bond donors (Lipinski definition) is 0. The lowest BCUT2D eigenvalue weighted by molar-refractivity contribution is -0.119. The van der Waals surface area contributed by atoms with Gasteiger partial charge in [-0.2, -0.15) is 0 Å². The van der Waals surface area contributed by atoms with Crippen LogP contribution in [0.1, 0.15) is 34.6 Å². The van der Waals surface area contributed by atoms with Crippen molar-refractivity contribution in [1.82, 2.24) is 0 Å². The predicted molar refractivity (Wildman–Crippen MR) is 72.8 cm³/mol. The highest BCUT2D eigenvalue weighted by Gasteiger charge is 2.26. The highest BCUT2D eigenvalue weighted by atomic mass is 16.1. The summed E-state index contributed by atoms with van der Waals surface area (Å²) in [5.41, 5.74) is 5.08. The van der Waals surface area contributed by atoms with E-state index < -0.39 is 0 Å². The number of ketones is 1. The quantitative estimate of drug-likeness (QED) is 0.738. The van der Waals surface area contributed by atoms with Crippen LogP contribution in [0.3, 0.4) is 0 Å². The summed E-state index contributed by atoms with van der Waals surface area (Å²) >= 11 is 0. The van der Waals surface area contributed by atoms with Crippen molar-refractivity contribution in [2.45, 2.75) is 25.7 Å². The summed E-state index contributed by atoms with van der Waals surface area (Å²) in [5, 5.41) is 0. The van der Waals surface area contributed by atoms with Crippen LogP contribution >= 0.6 is 0 Å². The fourth-order valence-corrected chi connectivity index (χ4v) is 2.91. The fourth-order valence-electron chi connectivity index (χ4n) is 2.91. The molecule has 0 saturated carbocycles. The monoisotopic (exact) mass is 236 g/mol. The van der Waals surface area contributed by atoms with Gasteiger partial charge in [-0.15, -0.1) is 0 Å². The van der Waals surface area contributed by atoms with Crippen LogP contribution in [0.5, 0.6) is 0 Å². The molecule has 0 saturated heterocycles. The van der Waals surface area contributed by atoms with Gasteiger partial charge in [0.1, 0.15) is 5.78 Å². The van der Waals surface area contributed by atoms with Gasteiger partial charge in [-0.1, -0.05) is 48.5 Å². The number of carbonyl (C=O) groups is 1. The summed E-state index contributed by atoms with van der Waals surface area (Å²) in [5.74, 6) is 0.589. The van der Waals surface area contributed by atoms with Crippen LogP contribution in [0, 0.1) is 6.92 Å². The molecule has 0 aromatic heterocycles. The van der Waals surface area contributed by atoms with E-state index in [9.17, 15) is 4.79 Å². The van der Waals surface area contributed by atoms with E-state index in [0.717, 1.165) is 0 Å². The molecule has 1 heteroatoms. The largest absolute Gasteiger partial charge is 0.299 e. The van der Waals surface area contributed by atoms with E-state index in [0.29, 0.717) is 18.6 Å². The molecule has 0 spiro atoms. The van der Waals surface area contributed by atoms with E-state index >= 15 is 0 Å². The third-order valence-electron chi connectivity index (χ3n) is 3.81. The van der Waals surface area contributed by atoms with E-state index in [2.05, 4.69) is 49.4 Å². The zero-order valence-corrected chi connectivity index (χ0v) is 10.5. The molecule has 3 rings (SSSR count). The minimum atomic E-state index is 0.239. The normalized spacial score (nSPS) is 18.5. The predicted octanol–water partition coefficient (Wildman–Crippen LogP) is 3.64. The molecule has 1 aliphatic carbocycles. The summed E-state index contributed by atoms with van der Waals surface area (Å²) in [6.07, 6.45) is 1.24. The van der Waals surface area contributed by atoms with Crippen LogP contribution in [0.4, 0.5) is 0 Å². The molecular weight excluding hydrogens is 220 g/mol. The maximum absolute atomic E-state index is 11.9. The first-order chi connectivity index (χ1) is 8.75. The Morgan fingerprint density at radius 2 is 1.61 bits per heavy atom. The third-order valence-corrected chi connectivity index (χ3v) is 3.81. The Balaban J connectivity index is 2.13. The molecule has 1 aliphatic rings. The van der Waals surface area contributed by atoms with Gasteiger partial charge >= 0.3 is 0 Å². The molecule has 1 nitrogen and oxygen atoms in total. The Kier molecular flexibility index (Phi) is 2.75. The number of carbonyl (C=O) groups excluding carboxylic acids is 1. The van der Waals surface area contributed by atoms with Crippen molar-refractivity contribution in [2.24, 2.45) is 0 Å². The van der Waals surface area contributed by atoms with Crippen molar-refractivity contribution >= 4 is 5.78 Å². The van der Waals surface area contributed by atoms with Crippen LogP contribution < -0.4 is 0 Å². The minimum Gasteiger partial charge on any atom is -0.299 e. The average Bonchev–Trinajstić information content (AvgIpc) is 2.38. The van der Waals surface area contributed by atoms with E-state index in [1.807, 2.05) is 6.07 Å². The number of hydrogen-bond acceptors (Lipinski definition) is 1. The second-order valence-corrected chi connectivity index (χ2v) is 5.03. The fraction of sp³-hybridized carbons (Fsp3) is 0.235. The molecule has 1 unspecified atom stereocenters. The summed E-state index contributed by atoms with van der Waals surface area (Å²) in [4.78, 5) is 11.9. The van der Waals surface area contributed by atoms with Crippen molar-refractivity contribution in [3.63, 3.8) is 0 Å². The lowest BCUT2D eigenvalue weighted by Gasteiger charge is -2.26. The van der Waals surface area contributed by atoms with Crippen molar-refractivity contribution in [3.05, 3.63) is 70.8 Å². The van der Waals surface area contributed by atoms with Gasteiger partial charge in [-0.25, -0.2) is 0 Å². The molecule has 0 radical (unpaired) electrons. The molecule has 0 N–H and O–H groups in total. The maximum atomic E-state index is 11.9. The molecule has 18 heavy (non-hydrogen) atoms. The summed E-state index contributed by atoms with van der Waals surface area (Å²) in [6.45, 7) is 2.12. The van der Waals surface area contributed by atoms with Crippen LogP contribution in [-0.2, 0) is 11.2 Å². The highest BCUT2D eigenvalue weighted by Crippen LogP contribution is 2.36. The smallest absolute Gasteiger partial charge is 0.138 e. The van der Waals surface area contributed by atoms with Crippen LogP contribution in [-0.4, -0.2) is 5.78 Å². The standard InChI is InChI=1S/C17H16O/c1-12-6-2-4-8-15(12)17-11-14(18)10-13-7-3-5-9-16(13)17/h2-9,17H,10-11H2,1H3. The number of benzene rings is 2. The summed E-state index contributed by atoms with van der Waals surface area (Å²) in [6, 6.07) is 16.7. The second kappa shape index (κ2) is 4.41. The summed E-state index contributed by atoms with van der Waals surface area (Å²) in [7, 11) is 0. The van der Waals surface area contributed by atoms with Crippen molar-refractivity contribution in [2.75, 3.05) is 0 Å². The maximum Gasteiger partial charge on any atom is 0.138 e. The van der Waals surface area contributed by atoms with Gasteiger partial charge in [-0.05, 0) is 29.2 Å². The molecule has 2 aromatic carbocycles. The molecule has 1 atom stereocenters. The third kappa shape index (κ3) is 1.86.